The summed E-state index contributed by atoms with van der Waals surface area (Å²) in [6.45, 7) is 9.60. The molecule has 0 bridgehead atoms. The molecule has 0 heterocycles. The van der Waals surface area contributed by atoms with E-state index in [0.29, 0.717) is 5.41 Å². The van der Waals surface area contributed by atoms with Crippen LogP contribution in [0.25, 0.3) is 0 Å². The minimum atomic E-state index is 0.609. The Hall–Kier alpha value is 0. The van der Waals surface area contributed by atoms with Crippen molar-refractivity contribution < 1.29 is 0 Å². The highest BCUT2D eigenvalue weighted by atomic mass is 14.4. The first kappa shape index (κ1) is 8.10. The van der Waals surface area contributed by atoms with Gasteiger partial charge in [0.25, 0.3) is 0 Å². The van der Waals surface area contributed by atoms with Crippen LogP contribution >= 0.6 is 0 Å². The van der Waals surface area contributed by atoms with Crippen LogP contribution in [-0.4, -0.2) is 0 Å². The van der Waals surface area contributed by atoms with Crippen molar-refractivity contribution in [2.45, 2.75) is 47.0 Å². The quantitative estimate of drug-likeness (QED) is 0.483. The van der Waals surface area contributed by atoms with E-state index in [9.17, 15) is 0 Å². The van der Waals surface area contributed by atoms with Crippen LogP contribution in [0, 0.1) is 17.3 Å². The second-order valence-corrected chi connectivity index (χ2v) is 4.78. The van der Waals surface area contributed by atoms with Crippen LogP contribution in [0.1, 0.15) is 47.0 Å². The van der Waals surface area contributed by atoms with Crippen molar-refractivity contribution in [1.82, 2.24) is 0 Å². The van der Waals surface area contributed by atoms with E-state index in [-0.39, 0.29) is 0 Å². The fourth-order valence-corrected chi connectivity index (χ4v) is 2.13. The van der Waals surface area contributed by atoms with Gasteiger partial charge in [0.15, 0.2) is 0 Å². The van der Waals surface area contributed by atoms with E-state index in [1.54, 1.807) is 0 Å². The van der Waals surface area contributed by atoms with Gasteiger partial charge in [0.1, 0.15) is 0 Å². The van der Waals surface area contributed by atoms with E-state index in [2.05, 4.69) is 27.7 Å². The highest BCUT2D eigenvalue weighted by Crippen LogP contribution is 2.42. The van der Waals surface area contributed by atoms with Crippen molar-refractivity contribution in [2.24, 2.45) is 17.3 Å². The summed E-state index contributed by atoms with van der Waals surface area (Å²) in [5, 5.41) is 0. The maximum atomic E-state index is 2.41. The van der Waals surface area contributed by atoms with Crippen LogP contribution in [0.5, 0.6) is 0 Å². The van der Waals surface area contributed by atoms with Crippen molar-refractivity contribution >= 4 is 0 Å². The predicted molar refractivity (Wildman–Crippen MR) is 46.0 cm³/mol. The molecular weight excluding hydrogens is 120 g/mol. The van der Waals surface area contributed by atoms with E-state index < -0.39 is 0 Å². The van der Waals surface area contributed by atoms with Gasteiger partial charge in [0, 0.05) is 0 Å². The average molecular weight is 140 g/mol. The normalized spacial score (nSPS) is 39.6. The molecule has 1 unspecified atom stereocenters. The molecule has 1 fully saturated rings. The van der Waals surface area contributed by atoms with Gasteiger partial charge >= 0.3 is 0 Å². The van der Waals surface area contributed by atoms with Crippen LogP contribution < -0.4 is 0 Å². The summed E-state index contributed by atoms with van der Waals surface area (Å²) >= 11 is 0. The molecule has 0 saturated heterocycles. The highest BCUT2D eigenvalue weighted by molar-refractivity contribution is 4.82. The molecule has 2 atom stereocenters. The minimum Gasteiger partial charge on any atom is -0.0625 e. The third-order valence-corrected chi connectivity index (χ3v) is 3.30. The zero-order valence-corrected chi connectivity index (χ0v) is 7.78. The molecule has 0 N–H and O–H groups in total. The first-order valence-electron chi connectivity index (χ1n) is 4.52. The standard InChI is InChI=1S/C10H20/c1-8-5-6-9(2)10(3,4)7-8/h8-9H,5-7H2,1-4H3/t8?,9-/m0/s1. The fraction of sp³-hybridized carbons (Fsp3) is 1.00. The van der Waals surface area contributed by atoms with E-state index in [1.807, 2.05) is 0 Å². The number of hydrogen-bond acceptors (Lipinski definition) is 0. The number of rotatable bonds is 0. The third-order valence-electron chi connectivity index (χ3n) is 3.30. The average Bonchev–Trinajstić information content (AvgIpc) is 1.78. The molecule has 60 valence electrons. The molecule has 0 aromatic rings. The highest BCUT2D eigenvalue weighted by Gasteiger charge is 2.31. The molecule has 1 aliphatic rings. The van der Waals surface area contributed by atoms with Crippen LogP contribution in [0.4, 0.5) is 0 Å². The van der Waals surface area contributed by atoms with Gasteiger partial charge in [-0.1, -0.05) is 34.1 Å². The maximum Gasteiger partial charge on any atom is -0.0326 e. The minimum absolute atomic E-state index is 0.609. The summed E-state index contributed by atoms with van der Waals surface area (Å²) in [4.78, 5) is 0. The summed E-state index contributed by atoms with van der Waals surface area (Å²) in [5.41, 5.74) is 0.609. The van der Waals surface area contributed by atoms with Crippen molar-refractivity contribution in [3.05, 3.63) is 0 Å². The van der Waals surface area contributed by atoms with Crippen LogP contribution in [0.2, 0.25) is 0 Å². The Morgan fingerprint density at radius 3 is 2.10 bits per heavy atom. The lowest BCUT2D eigenvalue weighted by Crippen LogP contribution is -2.29. The smallest absolute Gasteiger partial charge is 0.0326 e. The van der Waals surface area contributed by atoms with Crippen molar-refractivity contribution in [2.75, 3.05) is 0 Å². The Bertz CT molecular complexity index is 113. The molecule has 0 amide bonds. The second-order valence-electron chi connectivity index (χ2n) is 4.78. The maximum absolute atomic E-state index is 2.41. The van der Waals surface area contributed by atoms with E-state index >= 15 is 0 Å². The molecule has 0 nitrogen and oxygen atoms in total. The third kappa shape index (κ3) is 1.53. The van der Waals surface area contributed by atoms with E-state index in [1.165, 1.54) is 19.3 Å². The van der Waals surface area contributed by atoms with Gasteiger partial charge in [-0.25, -0.2) is 0 Å². The molecule has 0 spiro atoms. The Labute approximate surface area is 65.0 Å². The first-order chi connectivity index (χ1) is 4.52. The van der Waals surface area contributed by atoms with E-state index in [4.69, 9.17) is 0 Å². The summed E-state index contributed by atoms with van der Waals surface area (Å²) in [7, 11) is 0. The SMILES string of the molecule is CC1CC[C@H](C)C(C)(C)C1. The van der Waals surface area contributed by atoms with Gasteiger partial charge in [-0.3, -0.25) is 0 Å². The van der Waals surface area contributed by atoms with E-state index in [0.717, 1.165) is 11.8 Å². The van der Waals surface area contributed by atoms with Gasteiger partial charge in [0.2, 0.25) is 0 Å². The predicted octanol–water partition coefficient (Wildman–Crippen LogP) is 3.47. The number of hydrogen-bond donors (Lipinski definition) is 0. The Balaban J connectivity index is 2.55. The summed E-state index contributed by atoms with van der Waals surface area (Å²) in [5.74, 6) is 1.90. The summed E-state index contributed by atoms with van der Waals surface area (Å²) < 4.78 is 0. The van der Waals surface area contributed by atoms with Gasteiger partial charge < -0.3 is 0 Å². The molecule has 0 aromatic carbocycles. The van der Waals surface area contributed by atoms with Crippen LogP contribution in [-0.2, 0) is 0 Å². The Morgan fingerprint density at radius 1 is 1.10 bits per heavy atom. The van der Waals surface area contributed by atoms with Crippen LogP contribution in [0.3, 0.4) is 0 Å². The largest absolute Gasteiger partial charge is 0.0625 e. The molecule has 0 heteroatoms. The lowest BCUT2D eigenvalue weighted by molar-refractivity contribution is 0.115. The molecule has 1 aliphatic carbocycles. The molecule has 1 saturated carbocycles. The molecule has 1 rings (SSSR count). The Kier molecular flexibility index (Phi) is 2.07. The van der Waals surface area contributed by atoms with Crippen molar-refractivity contribution in [1.29, 1.82) is 0 Å². The second kappa shape index (κ2) is 2.56. The fourth-order valence-electron chi connectivity index (χ4n) is 2.13. The molecule has 0 aliphatic heterocycles. The molecular formula is C10H20. The summed E-state index contributed by atoms with van der Waals surface area (Å²) in [6, 6.07) is 0. The molecule has 0 aromatic heterocycles. The van der Waals surface area contributed by atoms with Gasteiger partial charge in [-0.05, 0) is 30.1 Å². The Morgan fingerprint density at radius 2 is 1.70 bits per heavy atom. The molecule has 10 heavy (non-hydrogen) atoms. The molecule has 0 radical (unpaired) electrons. The van der Waals surface area contributed by atoms with Gasteiger partial charge in [0.05, 0.1) is 0 Å². The van der Waals surface area contributed by atoms with Crippen molar-refractivity contribution in [3.8, 4) is 0 Å². The zero-order valence-electron chi connectivity index (χ0n) is 7.78. The van der Waals surface area contributed by atoms with Crippen molar-refractivity contribution in [3.63, 3.8) is 0 Å². The topological polar surface area (TPSA) is 0 Å². The lowest BCUT2D eigenvalue weighted by Gasteiger charge is -2.39. The monoisotopic (exact) mass is 140 g/mol. The van der Waals surface area contributed by atoms with Gasteiger partial charge in [-0.15, -0.1) is 0 Å². The summed E-state index contributed by atoms with van der Waals surface area (Å²) in [6.07, 6.45) is 4.31. The van der Waals surface area contributed by atoms with Crippen LogP contribution in [0.15, 0.2) is 0 Å². The van der Waals surface area contributed by atoms with Gasteiger partial charge in [-0.2, -0.15) is 0 Å². The zero-order chi connectivity index (χ0) is 7.78. The first-order valence-corrected chi connectivity index (χ1v) is 4.52. The lowest BCUT2D eigenvalue weighted by atomic mass is 9.66.